The van der Waals surface area contributed by atoms with Gasteiger partial charge in [0.25, 0.3) is 5.91 Å². The maximum atomic E-state index is 13.1. The molecule has 3 aromatic heterocycles. The molecule has 1 amide bonds. The van der Waals surface area contributed by atoms with Crippen LogP contribution in [0.15, 0.2) is 30.3 Å². The standard InChI is InChI=1S/C24H25N5OS/c1-13-20-15(3)26-22(17-10-11-17)27-24(20)31-21(13)23(30)25-12-19-14(2)28-29(16(19)4)18-8-6-5-7-9-18/h5-9,17H,10-12H2,1-4H3,(H,25,30). The zero-order valence-electron chi connectivity index (χ0n) is 18.2. The zero-order chi connectivity index (χ0) is 21.7. The Morgan fingerprint density at radius 3 is 2.55 bits per heavy atom. The van der Waals surface area contributed by atoms with Crippen LogP contribution in [0.4, 0.5) is 0 Å². The molecule has 0 aliphatic heterocycles. The van der Waals surface area contributed by atoms with E-state index in [1.807, 2.05) is 62.7 Å². The molecule has 0 radical (unpaired) electrons. The number of aryl methyl sites for hydroxylation is 3. The van der Waals surface area contributed by atoms with Crippen LogP contribution in [-0.2, 0) is 6.54 Å². The van der Waals surface area contributed by atoms with Crippen LogP contribution in [0.25, 0.3) is 15.9 Å². The number of para-hydroxylation sites is 1. The predicted octanol–water partition coefficient (Wildman–Crippen LogP) is 4.92. The van der Waals surface area contributed by atoms with Gasteiger partial charge in [0.05, 0.1) is 22.0 Å². The highest BCUT2D eigenvalue weighted by Crippen LogP contribution is 2.40. The first-order valence-electron chi connectivity index (χ1n) is 10.6. The van der Waals surface area contributed by atoms with Crippen molar-refractivity contribution in [3.8, 4) is 5.69 Å². The number of amides is 1. The van der Waals surface area contributed by atoms with Crippen molar-refractivity contribution in [1.82, 2.24) is 25.1 Å². The van der Waals surface area contributed by atoms with E-state index in [2.05, 4.69) is 10.4 Å². The Bertz CT molecular complexity index is 1300. The van der Waals surface area contributed by atoms with Gasteiger partial charge in [-0.15, -0.1) is 11.3 Å². The summed E-state index contributed by atoms with van der Waals surface area (Å²) in [6.07, 6.45) is 2.33. The van der Waals surface area contributed by atoms with Crippen LogP contribution in [0.2, 0.25) is 0 Å². The van der Waals surface area contributed by atoms with Crippen molar-refractivity contribution in [1.29, 1.82) is 0 Å². The number of benzene rings is 1. The molecule has 0 bridgehead atoms. The fraction of sp³-hybridized carbons (Fsp3) is 0.333. The minimum absolute atomic E-state index is 0.0702. The van der Waals surface area contributed by atoms with Crippen LogP contribution in [0.3, 0.4) is 0 Å². The van der Waals surface area contributed by atoms with Crippen LogP contribution < -0.4 is 5.32 Å². The Balaban J connectivity index is 1.40. The molecule has 6 nitrogen and oxygen atoms in total. The van der Waals surface area contributed by atoms with Crippen molar-refractivity contribution >= 4 is 27.5 Å². The van der Waals surface area contributed by atoms with Crippen molar-refractivity contribution in [3.05, 3.63) is 69.2 Å². The summed E-state index contributed by atoms with van der Waals surface area (Å²) < 4.78 is 1.93. The van der Waals surface area contributed by atoms with Gasteiger partial charge < -0.3 is 5.32 Å². The SMILES string of the molecule is Cc1nn(-c2ccccc2)c(C)c1CNC(=O)c1sc2nc(C3CC3)nc(C)c2c1C. The second-order valence-corrected chi connectivity index (χ2v) is 9.26. The molecule has 3 heterocycles. The zero-order valence-corrected chi connectivity index (χ0v) is 19.0. The summed E-state index contributed by atoms with van der Waals surface area (Å²) in [5.74, 6) is 1.35. The summed E-state index contributed by atoms with van der Waals surface area (Å²) >= 11 is 1.47. The first kappa shape index (κ1) is 19.9. The second kappa shape index (κ2) is 7.57. The number of hydrogen-bond donors (Lipinski definition) is 1. The quantitative estimate of drug-likeness (QED) is 0.487. The van der Waals surface area contributed by atoms with Crippen LogP contribution in [-0.4, -0.2) is 25.7 Å². The third-order valence-corrected chi connectivity index (χ3v) is 7.19. The maximum absolute atomic E-state index is 13.1. The second-order valence-electron chi connectivity index (χ2n) is 8.26. The number of hydrogen-bond acceptors (Lipinski definition) is 5. The summed E-state index contributed by atoms with van der Waals surface area (Å²) in [7, 11) is 0. The highest BCUT2D eigenvalue weighted by Gasteiger charge is 2.28. The maximum Gasteiger partial charge on any atom is 0.261 e. The summed E-state index contributed by atoms with van der Waals surface area (Å²) in [4.78, 5) is 24.2. The van der Waals surface area contributed by atoms with Gasteiger partial charge in [0.2, 0.25) is 0 Å². The number of nitrogens with one attached hydrogen (secondary N) is 1. The molecule has 1 saturated carbocycles. The minimum atomic E-state index is -0.0702. The number of thiophene rings is 1. The van der Waals surface area contributed by atoms with Gasteiger partial charge in [-0.3, -0.25) is 4.79 Å². The van der Waals surface area contributed by atoms with Crippen LogP contribution >= 0.6 is 11.3 Å². The topological polar surface area (TPSA) is 72.7 Å². The van der Waals surface area contributed by atoms with Crippen molar-refractivity contribution in [3.63, 3.8) is 0 Å². The highest BCUT2D eigenvalue weighted by molar-refractivity contribution is 7.20. The lowest BCUT2D eigenvalue weighted by atomic mass is 10.1. The number of carbonyl (C=O) groups excluding carboxylic acids is 1. The van der Waals surface area contributed by atoms with E-state index in [4.69, 9.17) is 9.97 Å². The fourth-order valence-electron chi connectivity index (χ4n) is 4.10. The molecule has 1 aliphatic rings. The number of aromatic nitrogens is 4. The molecular formula is C24H25N5OS. The minimum Gasteiger partial charge on any atom is -0.347 e. The van der Waals surface area contributed by atoms with E-state index in [0.717, 1.165) is 62.8 Å². The lowest BCUT2D eigenvalue weighted by Crippen LogP contribution is -2.23. The normalized spacial score (nSPS) is 13.7. The Morgan fingerprint density at radius 2 is 1.84 bits per heavy atom. The van der Waals surface area contributed by atoms with E-state index in [-0.39, 0.29) is 5.91 Å². The average molecular weight is 432 g/mol. The van der Waals surface area contributed by atoms with Crippen LogP contribution in [0, 0.1) is 27.7 Å². The predicted molar refractivity (Wildman–Crippen MR) is 123 cm³/mol. The van der Waals surface area contributed by atoms with Gasteiger partial charge in [0.15, 0.2) is 0 Å². The largest absolute Gasteiger partial charge is 0.347 e. The Labute approximate surface area is 185 Å². The molecule has 4 aromatic rings. The van der Waals surface area contributed by atoms with Gasteiger partial charge in [-0.05, 0) is 58.2 Å². The van der Waals surface area contributed by atoms with E-state index in [1.54, 1.807) is 0 Å². The van der Waals surface area contributed by atoms with Gasteiger partial charge in [-0.2, -0.15) is 5.10 Å². The third-order valence-electron chi connectivity index (χ3n) is 6.00. The van der Waals surface area contributed by atoms with Crippen molar-refractivity contribution in [2.75, 3.05) is 0 Å². The molecule has 0 saturated heterocycles. The van der Waals surface area contributed by atoms with Gasteiger partial charge in [-0.25, -0.2) is 14.6 Å². The average Bonchev–Trinajstić information content (AvgIpc) is 3.50. The molecule has 0 unspecified atom stereocenters. The molecule has 1 N–H and O–H groups in total. The number of nitrogens with zero attached hydrogens (tertiary/aromatic N) is 4. The fourth-order valence-corrected chi connectivity index (χ4v) is 5.26. The van der Waals surface area contributed by atoms with Crippen molar-refractivity contribution in [2.24, 2.45) is 0 Å². The van der Waals surface area contributed by atoms with E-state index in [1.165, 1.54) is 11.3 Å². The molecule has 1 fully saturated rings. The molecule has 1 aliphatic carbocycles. The van der Waals surface area contributed by atoms with Gasteiger partial charge >= 0.3 is 0 Å². The highest BCUT2D eigenvalue weighted by atomic mass is 32.1. The summed E-state index contributed by atoms with van der Waals surface area (Å²) in [5.41, 5.74) is 5.95. The van der Waals surface area contributed by atoms with Crippen LogP contribution in [0.5, 0.6) is 0 Å². The van der Waals surface area contributed by atoms with Crippen molar-refractivity contribution in [2.45, 2.75) is 53.0 Å². The summed E-state index contributed by atoms with van der Waals surface area (Å²) in [5, 5.41) is 8.80. The molecule has 0 atom stereocenters. The van der Waals surface area contributed by atoms with Crippen LogP contribution in [0.1, 0.15) is 62.5 Å². The Morgan fingerprint density at radius 1 is 1.10 bits per heavy atom. The Hall–Kier alpha value is -3.06. The molecule has 31 heavy (non-hydrogen) atoms. The van der Waals surface area contributed by atoms with E-state index in [9.17, 15) is 4.79 Å². The lowest BCUT2D eigenvalue weighted by molar-refractivity contribution is 0.0954. The van der Waals surface area contributed by atoms with Gasteiger partial charge in [0, 0.05) is 29.1 Å². The molecule has 158 valence electrons. The number of fused-ring (bicyclic) bond motifs is 1. The summed E-state index contributed by atoms with van der Waals surface area (Å²) in [6.45, 7) is 8.47. The molecule has 5 rings (SSSR count). The van der Waals surface area contributed by atoms with E-state index in [0.29, 0.717) is 17.3 Å². The molecule has 1 aromatic carbocycles. The lowest BCUT2D eigenvalue weighted by Gasteiger charge is -2.07. The number of rotatable bonds is 5. The molecular weight excluding hydrogens is 406 g/mol. The first-order valence-corrected chi connectivity index (χ1v) is 11.4. The van der Waals surface area contributed by atoms with Gasteiger partial charge in [-0.1, -0.05) is 18.2 Å². The number of carbonyl (C=O) groups is 1. The summed E-state index contributed by atoms with van der Waals surface area (Å²) in [6, 6.07) is 10.0. The molecule has 7 heteroatoms. The van der Waals surface area contributed by atoms with E-state index < -0.39 is 0 Å². The monoisotopic (exact) mass is 431 g/mol. The van der Waals surface area contributed by atoms with Crippen molar-refractivity contribution < 1.29 is 4.79 Å². The molecule has 0 spiro atoms. The first-order chi connectivity index (χ1) is 14.9. The van der Waals surface area contributed by atoms with E-state index >= 15 is 0 Å². The van der Waals surface area contributed by atoms with Gasteiger partial charge in [0.1, 0.15) is 10.7 Å². The third kappa shape index (κ3) is 3.53. The Kier molecular flexibility index (Phi) is 4.85. The smallest absolute Gasteiger partial charge is 0.261 e.